The lowest BCUT2D eigenvalue weighted by atomic mass is 10.1. The standard InChI is InChI=1S/C25H25ClN4O4/c1-16-13-19(4-5-20(16)26)34-17(2)25(31)30-11-9-29(10-12-30)24-8-6-21(27-28-24)18-3-7-22-23(14-18)33-15-32-22/h3-8,13-14,17H,9-12,15H2,1-2H3. The molecule has 0 radical (unpaired) electrons. The van der Waals surface area contributed by atoms with Gasteiger partial charge in [-0.25, -0.2) is 0 Å². The molecule has 176 valence electrons. The second-order valence-electron chi connectivity index (χ2n) is 8.33. The van der Waals surface area contributed by atoms with Crippen LogP contribution in [0.3, 0.4) is 0 Å². The largest absolute Gasteiger partial charge is 0.481 e. The van der Waals surface area contributed by atoms with Crippen molar-refractivity contribution in [1.29, 1.82) is 0 Å². The summed E-state index contributed by atoms with van der Waals surface area (Å²) in [6.07, 6.45) is -0.576. The van der Waals surface area contributed by atoms with Crippen LogP contribution in [-0.2, 0) is 4.79 Å². The van der Waals surface area contributed by atoms with Crippen molar-refractivity contribution < 1.29 is 19.0 Å². The van der Waals surface area contributed by atoms with E-state index in [4.69, 9.17) is 25.8 Å². The number of benzene rings is 2. The Hall–Kier alpha value is -3.52. The Kier molecular flexibility index (Phi) is 6.15. The van der Waals surface area contributed by atoms with E-state index >= 15 is 0 Å². The summed E-state index contributed by atoms with van der Waals surface area (Å²) in [4.78, 5) is 16.9. The fourth-order valence-corrected chi connectivity index (χ4v) is 4.18. The van der Waals surface area contributed by atoms with Crippen molar-refractivity contribution in [3.63, 3.8) is 0 Å². The molecule has 0 bridgehead atoms. The fourth-order valence-electron chi connectivity index (χ4n) is 4.06. The third-order valence-electron chi connectivity index (χ3n) is 6.02. The van der Waals surface area contributed by atoms with Gasteiger partial charge in [-0.3, -0.25) is 4.79 Å². The molecule has 0 N–H and O–H groups in total. The lowest BCUT2D eigenvalue weighted by molar-refractivity contribution is -0.138. The number of hydrogen-bond acceptors (Lipinski definition) is 7. The van der Waals surface area contributed by atoms with E-state index < -0.39 is 6.10 Å². The van der Waals surface area contributed by atoms with Gasteiger partial charge < -0.3 is 24.0 Å². The van der Waals surface area contributed by atoms with E-state index in [1.807, 2.05) is 48.2 Å². The number of nitrogens with zero attached hydrogens (tertiary/aromatic N) is 4. The molecule has 0 aliphatic carbocycles. The van der Waals surface area contributed by atoms with Gasteiger partial charge in [0.1, 0.15) is 5.75 Å². The number of carbonyl (C=O) groups is 1. The second kappa shape index (κ2) is 9.38. The van der Waals surface area contributed by atoms with Gasteiger partial charge in [-0.15, -0.1) is 10.2 Å². The lowest BCUT2D eigenvalue weighted by Gasteiger charge is -2.36. The molecule has 1 atom stereocenters. The Bertz CT molecular complexity index is 1200. The highest BCUT2D eigenvalue weighted by Gasteiger charge is 2.27. The third kappa shape index (κ3) is 4.59. The molecule has 1 unspecified atom stereocenters. The molecule has 3 aromatic rings. The number of hydrogen-bond donors (Lipinski definition) is 0. The van der Waals surface area contributed by atoms with Crippen molar-refractivity contribution in [2.45, 2.75) is 20.0 Å². The van der Waals surface area contributed by atoms with Gasteiger partial charge in [0.25, 0.3) is 5.91 Å². The minimum atomic E-state index is -0.576. The molecule has 5 rings (SSSR count). The molecule has 34 heavy (non-hydrogen) atoms. The van der Waals surface area contributed by atoms with Gasteiger partial charge in [0.05, 0.1) is 5.69 Å². The predicted molar refractivity (Wildman–Crippen MR) is 129 cm³/mol. The fraction of sp³-hybridized carbons (Fsp3) is 0.320. The molecule has 9 heteroatoms. The Balaban J connectivity index is 1.17. The van der Waals surface area contributed by atoms with Crippen LogP contribution in [0.1, 0.15) is 12.5 Å². The Morgan fingerprint density at radius 2 is 1.79 bits per heavy atom. The zero-order chi connectivity index (χ0) is 23.7. The molecule has 1 amide bonds. The summed E-state index contributed by atoms with van der Waals surface area (Å²) in [5.41, 5.74) is 2.60. The number of amides is 1. The number of aryl methyl sites for hydroxylation is 1. The number of carbonyl (C=O) groups excluding carboxylic acids is 1. The third-order valence-corrected chi connectivity index (χ3v) is 6.45. The first kappa shape index (κ1) is 22.3. The number of piperazine rings is 1. The van der Waals surface area contributed by atoms with Crippen LogP contribution in [0.5, 0.6) is 17.2 Å². The van der Waals surface area contributed by atoms with E-state index in [-0.39, 0.29) is 12.7 Å². The maximum absolute atomic E-state index is 12.9. The van der Waals surface area contributed by atoms with Crippen molar-refractivity contribution in [2.24, 2.45) is 0 Å². The van der Waals surface area contributed by atoms with E-state index in [1.165, 1.54) is 0 Å². The smallest absolute Gasteiger partial charge is 0.263 e. The average Bonchev–Trinajstić information content (AvgIpc) is 3.34. The zero-order valence-corrected chi connectivity index (χ0v) is 19.8. The van der Waals surface area contributed by atoms with Crippen molar-refractivity contribution >= 4 is 23.3 Å². The van der Waals surface area contributed by atoms with E-state index in [0.717, 1.165) is 28.4 Å². The molecule has 2 aromatic carbocycles. The van der Waals surface area contributed by atoms with E-state index in [2.05, 4.69) is 15.1 Å². The van der Waals surface area contributed by atoms with Gasteiger partial charge in [0, 0.05) is 36.8 Å². The van der Waals surface area contributed by atoms with Crippen LogP contribution >= 0.6 is 11.6 Å². The lowest BCUT2D eigenvalue weighted by Crippen LogP contribution is -2.52. The Morgan fingerprint density at radius 1 is 1.00 bits per heavy atom. The number of anilines is 1. The number of rotatable bonds is 5. The summed E-state index contributed by atoms with van der Waals surface area (Å²) >= 11 is 6.07. The molecule has 1 fully saturated rings. The number of fused-ring (bicyclic) bond motifs is 1. The van der Waals surface area contributed by atoms with Crippen LogP contribution in [0.4, 0.5) is 5.82 Å². The monoisotopic (exact) mass is 480 g/mol. The topological polar surface area (TPSA) is 77.0 Å². The molecule has 0 spiro atoms. The molecular weight excluding hydrogens is 456 g/mol. The van der Waals surface area contributed by atoms with E-state index in [1.54, 1.807) is 19.1 Å². The summed E-state index contributed by atoms with van der Waals surface area (Å²) in [6.45, 7) is 6.47. The average molecular weight is 481 g/mol. The molecule has 3 heterocycles. The van der Waals surface area contributed by atoms with Crippen molar-refractivity contribution in [1.82, 2.24) is 15.1 Å². The molecule has 0 saturated carbocycles. The normalized spacial score (nSPS) is 15.9. The first-order chi connectivity index (χ1) is 16.5. The van der Waals surface area contributed by atoms with Gasteiger partial charge in [0.2, 0.25) is 6.79 Å². The maximum atomic E-state index is 12.9. The molecule has 1 aromatic heterocycles. The van der Waals surface area contributed by atoms with Crippen LogP contribution in [0.25, 0.3) is 11.3 Å². The van der Waals surface area contributed by atoms with Crippen LogP contribution in [0.15, 0.2) is 48.5 Å². The first-order valence-corrected chi connectivity index (χ1v) is 11.6. The van der Waals surface area contributed by atoms with Crippen LogP contribution in [-0.4, -0.2) is 60.1 Å². The highest BCUT2D eigenvalue weighted by Crippen LogP contribution is 2.35. The summed E-state index contributed by atoms with van der Waals surface area (Å²) in [7, 11) is 0. The summed E-state index contributed by atoms with van der Waals surface area (Å²) in [5.74, 6) is 2.85. The van der Waals surface area contributed by atoms with Gasteiger partial charge in [0.15, 0.2) is 23.4 Å². The molecule has 8 nitrogen and oxygen atoms in total. The van der Waals surface area contributed by atoms with E-state index in [0.29, 0.717) is 42.7 Å². The Morgan fingerprint density at radius 3 is 2.53 bits per heavy atom. The van der Waals surface area contributed by atoms with Gasteiger partial charge in [-0.05, 0) is 67.9 Å². The quantitative estimate of drug-likeness (QED) is 0.547. The molecular formula is C25H25ClN4O4. The summed E-state index contributed by atoms with van der Waals surface area (Å²) < 4.78 is 16.7. The SMILES string of the molecule is Cc1cc(OC(C)C(=O)N2CCN(c3ccc(-c4ccc5c(c4)OCO5)nn3)CC2)ccc1Cl. The van der Waals surface area contributed by atoms with Crippen LogP contribution < -0.4 is 19.1 Å². The van der Waals surface area contributed by atoms with E-state index in [9.17, 15) is 4.79 Å². The molecule has 1 saturated heterocycles. The van der Waals surface area contributed by atoms with Gasteiger partial charge in [-0.2, -0.15) is 0 Å². The van der Waals surface area contributed by atoms with Crippen molar-refractivity contribution in [3.05, 3.63) is 59.1 Å². The predicted octanol–water partition coefficient (Wildman–Crippen LogP) is 3.95. The van der Waals surface area contributed by atoms with Crippen LogP contribution in [0, 0.1) is 6.92 Å². The minimum absolute atomic E-state index is 0.0310. The second-order valence-corrected chi connectivity index (χ2v) is 8.74. The summed E-state index contributed by atoms with van der Waals surface area (Å²) in [5, 5.41) is 9.48. The minimum Gasteiger partial charge on any atom is -0.481 e. The number of halogens is 1. The number of aromatic nitrogens is 2. The summed E-state index contributed by atoms with van der Waals surface area (Å²) in [6, 6.07) is 15.0. The maximum Gasteiger partial charge on any atom is 0.263 e. The van der Waals surface area contributed by atoms with Gasteiger partial charge in [-0.1, -0.05) is 11.6 Å². The highest BCUT2D eigenvalue weighted by atomic mass is 35.5. The zero-order valence-electron chi connectivity index (χ0n) is 19.0. The first-order valence-electron chi connectivity index (χ1n) is 11.2. The van der Waals surface area contributed by atoms with Crippen molar-refractivity contribution in [2.75, 3.05) is 37.9 Å². The molecule has 2 aliphatic rings. The van der Waals surface area contributed by atoms with Crippen molar-refractivity contribution in [3.8, 4) is 28.5 Å². The highest BCUT2D eigenvalue weighted by molar-refractivity contribution is 6.31. The number of ether oxygens (including phenoxy) is 3. The Labute approximate surface area is 203 Å². The van der Waals surface area contributed by atoms with Gasteiger partial charge >= 0.3 is 0 Å². The molecule has 2 aliphatic heterocycles. The van der Waals surface area contributed by atoms with Crippen LogP contribution in [0.2, 0.25) is 5.02 Å².